The molecular weight excluding hydrogens is 278 g/mol. The summed E-state index contributed by atoms with van der Waals surface area (Å²) in [5, 5.41) is 3.76. The van der Waals surface area contributed by atoms with Gasteiger partial charge in [0.2, 0.25) is 0 Å². The molecule has 1 aromatic carbocycles. The zero-order valence-corrected chi connectivity index (χ0v) is 11.7. The summed E-state index contributed by atoms with van der Waals surface area (Å²) >= 11 is 3.65. The summed E-state index contributed by atoms with van der Waals surface area (Å²) < 4.78 is 6.59. The third-order valence-electron chi connectivity index (χ3n) is 4.08. The fraction of sp³-hybridized carbons (Fsp3) is 0.571. The molecule has 1 N–H and O–H groups in total. The van der Waals surface area contributed by atoms with E-state index >= 15 is 0 Å². The Labute approximate surface area is 111 Å². The minimum atomic E-state index is 0.482. The first kappa shape index (κ1) is 11.7. The number of methoxy groups -OCH3 is 1. The van der Waals surface area contributed by atoms with Crippen LogP contribution in [0.25, 0.3) is 0 Å². The van der Waals surface area contributed by atoms with Crippen molar-refractivity contribution in [3.8, 4) is 0 Å². The third kappa shape index (κ3) is 2.16. The van der Waals surface area contributed by atoms with E-state index in [2.05, 4.69) is 39.4 Å². The van der Waals surface area contributed by atoms with Crippen molar-refractivity contribution in [1.29, 1.82) is 0 Å². The molecule has 1 aromatic rings. The van der Waals surface area contributed by atoms with Crippen LogP contribution >= 0.6 is 15.9 Å². The van der Waals surface area contributed by atoms with Crippen molar-refractivity contribution in [3.63, 3.8) is 0 Å². The second-order valence-electron chi connectivity index (χ2n) is 5.09. The minimum absolute atomic E-state index is 0.482. The van der Waals surface area contributed by atoms with E-state index in [1.807, 2.05) is 7.11 Å². The lowest BCUT2D eigenvalue weighted by atomic mass is 9.88. The van der Waals surface area contributed by atoms with Crippen LogP contribution in [-0.2, 0) is 11.2 Å². The summed E-state index contributed by atoms with van der Waals surface area (Å²) in [5.41, 5.74) is 2.98. The molecule has 0 radical (unpaired) electrons. The van der Waals surface area contributed by atoms with Crippen molar-refractivity contribution in [2.45, 2.75) is 43.9 Å². The maximum atomic E-state index is 5.32. The summed E-state index contributed by atoms with van der Waals surface area (Å²) in [6, 6.07) is 7.74. The zero-order chi connectivity index (χ0) is 11.8. The van der Waals surface area contributed by atoms with Crippen molar-refractivity contribution in [1.82, 2.24) is 5.32 Å². The van der Waals surface area contributed by atoms with E-state index in [0.717, 1.165) is 12.8 Å². The van der Waals surface area contributed by atoms with Gasteiger partial charge in [-0.2, -0.15) is 0 Å². The van der Waals surface area contributed by atoms with Gasteiger partial charge < -0.3 is 10.1 Å². The molecule has 0 saturated heterocycles. The smallest absolute Gasteiger partial charge is 0.0601 e. The second-order valence-corrected chi connectivity index (χ2v) is 5.95. The Morgan fingerprint density at radius 1 is 1.35 bits per heavy atom. The number of ether oxygens (including phenoxy) is 1. The number of benzene rings is 1. The molecule has 0 amide bonds. The van der Waals surface area contributed by atoms with Gasteiger partial charge in [0, 0.05) is 23.7 Å². The minimum Gasteiger partial charge on any atom is -0.381 e. The largest absolute Gasteiger partial charge is 0.381 e. The van der Waals surface area contributed by atoms with Crippen LogP contribution in [0.4, 0.5) is 0 Å². The Kier molecular flexibility index (Phi) is 3.24. The molecule has 0 heterocycles. The molecule has 0 aromatic heterocycles. The molecular formula is C14H18BrNO. The number of halogens is 1. The lowest BCUT2D eigenvalue weighted by Gasteiger charge is -2.36. The van der Waals surface area contributed by atoms with Crippen LogP contribution in [0.15, 0.2) is 22.7 Å². The molecule has 2 aliphatic rings. The van der Waals surface area contributed by atoms with E-state index in [9.17, 15) is 0 Å². The Bertz CT molecular complexity index is 415. The Balaban J connectivity index is 1.66. The van der Waals surface area contributed by atoms with E-state index < -0.39 is 0 Å². The van der Waals surface area contributed by atoms with E-state index in [4.69, 9.17) is 4.74 Å². The molecule has 2 aliphatic carbocycles. The van der Waals surface area contributed by atoms with E-state index in [1.54, 1.807) is 0 Å². The van der Waals surface area contributed by atoms with Gasteiger partial charge in [0.1, 0.15) is 0 Å². The maximum Gasteiger partial charge on any atom is 0.0601 e. The number of hydrogen-bond donors (Lipinski definition) is 1. The Hall–Kier alpha value is -0.380. The fourth-order valence-corrected chi connectivity index (χ4v) is 3.54. The quantitative estimate of drug-likeness (QED) is 0.925. The van der Waals surface area contributed by atoms with E-state index in [1.165, 1.54) is 28.4 Å². The zero-order valence-electron chi connectivity index (χ0n) is 10.1. The van der Waals surface area contributed by atoms with Crippen molar-refractivity contribution in [3.05, 3.63) is 33.8 Å². The second kappa shape index (κ2) is 4.71. The van der Waals surface area contributed by atoms with Crippen molar-refractivity contribution >= 4 is 15.9 Å². The van der Waals surface area contributed by atoms with Gasteiger partial charge in [-0.3, -0.25) is 0 Å². The lowest BCUT2D eigenvalue weighted by molar-refractivity contribution is 0.0141. The molecule has 2 nitrogen and oxygen atoms in total. The van der Waals surface area contributed by atoms with Gasteiger partial charge in [-0.25, -0.2) is 0 Å². The highest BCUT2D eigenvalue weighted by Gasteiger charge is 2.33. The van der Waals surface area contributed by atoms with Crippen molar-refractivity contribution in [2.24, 2.45) is 0 Å². The fourth-order valence-electron chi connectivity index (χ4n) is 2.96. The molecule has 17 heavy (non-hydrogen) atoms. The molecule has 3 rings (SSSR count). The Morgan fingerprint density at radius 3 is 2.94 bits per heavy atom. The van der Waals surface area contributed by atoms with Crippen molar-refractivity contribution in [2.75, 3.05) is 7.11 Å². The van der Waals surface area contributed by atoms with E-state index in [0.29, 0.717) is 18.2 Å². The normalized spacial score (nSPS) is 31.1. The van der Waals surface area contributed by atoms with Gasteiger partial charge in [-0.05, 0) is 42.9 Å². The van der Waals surface area contributed by atoms with Crippen LogP contribution in [0.3, 0.4) is 0 Å². The predicted octanol–water partition coefficient (Wildman–Crippen LogP) is 3.20. The molecule has 0 bridgehead atoms. The molecule has 0 aliphatic heterocycles. The van der Waals surface area contributed by atoms with Gasteiger partial charge in [0.15, 0.2) is 0 Å². The Morgan fingerprint density at radius 2 is 2.18 bits per heavy atom. The van der Waals surface area contributed by atoms with Crippen molar-refractivity contribution < 1.29 is 4.74 Å². The lowest BCUT2D eigenvalue weighted by Crippen LogP contribution is -2.46. The third-order valence-corrected chi connectivity index (χ3v) is 4.82. The summed E-state index contributed by atoms with van der Waals surface area (Å²) in [6.07, 6.45) is 5.23. The molecule has 1 fully saturated rings. The van der Waals surface area contributed by atoms with Crippen LogP contribution in [0.5, 0.6) is 0 Å². The molecule has 1 unspecified atom stereocenters. The topological polar surface area (TPSA) is 21.3 Å². The summed E-state index contributed by atoms with van der Waals surface area (Å²) in [6.45, 7) is 0. The summed E-state index contributed by atoms with van der Waals surface area (Å²) in [4.78, 5) is 0. The first-order valence-corrected chi connectivity index (χ1v) is 7.13. The summed E-state index contributed by atoms with van der Waals surface area (Å²) in [5.74, 6) is 0. The van der Waals surface area contributed by atoms with Gasteiger partial charge in [0.05, 0.1) is 6.10 Å². The number of nitrogens with one attached hydrogen (secondary N) is 1. The number of rotatable bonds is 3. The number of hydrogen-bond acceptors (Lipinski definition) is 2. The van der Waals surface area contributed by atoms with Gasteiger partial charge >= 0.3 is 0 Å². The van der Waals surface area contributed by atoms with Crippen LogP contribution in [0.2, 0.25) is 0 Å². The molecule has 3 heteroatoms. The molecule has 1 saturated carbocycles. The highest BCUT2D eigenvalue weighted by atomic mass is 79.9. The van der Waals surface area contributed by atoms with Crippen LogP contribution in [0, 0.1) is 0 Å². The first-order chi connectivity index (χ1) is 8.28. The van der Waals surface area contributed by atoms with Gasteiger partial charge in [-0.15, -0.1) is 0 Å². The maximum absolute atomic E-state index is 5.32. The molecule has 0 spiro atoms. The first-order valence-electron chi connectivity index (χ1n) is 6.34. The molecule has 1 atom stereocenters. The number of fused-ring (bicyclic) bond motifs is 1. The highest BCUT2D eigenvalue weighted by Crippen LogP contribution is 2.37. The van der Waals surface area contributed by atoms with Crippen LogP contribution < -0.4 is 5.32 Å². The monoisotopic (exact) mass is 295 g/mol. The SMILES string of the molecule is COC1CC(NC2CCc3c(Br)cccc32)C1. The van der Waals surface area contributed by atoms with Crippen LogP contribution in [0.1, 0.15) is 36.4 Å². The van der Waals surface area contributed by atoms with E-state index in [-0.39, 0.29) is 0 Å². The van der Waals surface area contributed by atoms with Gasteiger partial charge in [-0.1, -0.05) is 28.1 Å². The summed E-state index contributed by atoms with van der Waals surface area (Å²) in [7, 11) is 1.81. The highest BCUT2D eigenvalue weighted by molar-refractivity contribution is 9.10. The standard InChI is InChI=1S/C14H18BrNO/c1-17-10-7-9(8-10)16-14-6-5-11-12(14)3-2-4-13(11)15/h2-4,9-10,14,16H,5-8H2,1H3. The average Bonchev–Trinajstić information content (AvgIpc) is 2.68. The van der Waals surface area contributed by atoms with Gasteiger partial charge in [0.25, 0.3) is 0 Å². The average molecular weight is 296 g/mol. The predicted molar refractivity (Wildman–Crippen MR) is 72.2 cm³/mol. The van der Waals surface area contributed by atoms with Crippen LogP contribution in [-0.4, -0.2) is 19.3 Å². The molecule has 92 valence electrons.